The Hall–Kier alpha value is -0.820. The van der Waals surface area contributed by atoms with Crippen LogP contribution in [-0.4, -0.2) is 4.98 Å². The van der Waals surface area contributed by atoms with E-state index in [1.54, 1.807) is 18.3 Å². The lowest BCUT2D eigenvalue weighted by molar-refractivity contribution is 0.506. The van der Waals surface area contributed by atoms with Gasteiger partial charge in [-0.1, -0.05) is 15.9 Å². The first-order valence-corrected chi connectivity index (χ1v) is 7.20. The van der Waals surface area contributed by atoms with Crippen LogP contribution in [0.2, 0.25) is 0 Å². The standard InChI is InChI=1S/C13H12Br2FN3/c14-8-2-4-12(16)11(5-8)13(19-17)6-10-3-1-9(15)7-18-10/h1-5,7,13,19H,6,17H2. The Labute approximate surface area is 127 Å². The summed E-state index contributed by atoms with van der Waals surface area (Å²) in [7, 11) is 0. The van der Waals surface area contributed by atoms with Gasteiger partial charge in [0.15, 0.2) is 0 Å². The molecular formula is C13H12Br2FN3. The van der Waals surface area contributed by atoms with Crippen LogP contribution in [0.5, 0.6) is 0 Å². The van der Waals surface area contributed by atoms with E-state index in [0.29, 0.717) is 12.0 Å². The molecule has 0 saturated heterocycles. The molecule has 100 valence electrons. The number of rotatable bonds is 4. The van der Waals surface area contributed by atoms with E-state index in [1.807, 2.05) is 12.1 Å². The molecule has 0 fully saturated rings. The molecule has 0 bridgehead atoms. The lowest BCUT2D eigenvalue weighted by Gasteiger charge is -2.17. The summed E-state index contributed by atoms with van der Waals surface area (Å²) in [6, 6.07) is 8.24. The van der Waals surface area contributed by atoms with Crippen molar-refractivity contribution in [3.63, 3.8) is 0 Å². The predicted molar refractivity (Wildman–Crippen MR) is 79.8 cm³/mol. The zero-order chi connectivity index (χ0) is 13.8. The number of aromatic nitrogens is 1. The van der Waals surface area contributed by atoms with Crippen molar-refractivity contribution < 1.29 is 4.39 Å². The fourth-order valence-corrected chi connectivity index (χ4v) is 2.39. The SMILES string of the molecule is NNC(Cc1ccc(Br)cn1)c1cc(Br)ccc1F. The number of hydrazine groups is 1. The summed E-state index contributed by atoms with van der Waals surface area (Å²) in [5.41, 5.74) is 3.99. The minimum Gasteiger partial charge on any atom is -0.271 e. The molecular weight excluding hydrogens is 377 g/mol. The van der Waals surface area contributed by atoms with Crippen LogP contribution in [0.4, 0.5) is 4.39 Å². The minimum atomic E-state index is -0.328. The average Bonchev–Trinajstić information content (AvgIpc) is 2.41. The van der Waals surface area contributed by atoms with E-state index in [4.69, 9.17) is 5.84 Å². The zero-order valence-corrected chi connectivity index (χ0v) is 13.1. The molecule has 0 saturated carbocycles. The van der Waals surface area contributed by atoms with Gasteiger partial charge in [0.1, 0.15) is 5.82 Å². The molecule has 0 spiro atoms. The van der Waals surface area contributed by atoms with E-state index >= 15 is 0 Å². The fourth-order valence-electron chi connectivity index (χ4n) is 1.78. The lowest BCUT2D eigenvalue weighted by Crippen LogP contribution is -2.30. The molecule has 1 aromatic heterocycles. The molecule has 1 heterocycles. The number of nitrogens with two attached hydrogens (primary N) is 1. The van der Waals surface area contributed by atoms with Gasteiger partial charge in [-0.3, -0.25) is 16.3 Å². The lowest BCUT2D eigenvalue weighted by atomic mass is 10.0. The molecule has 1 unspecified atom stereocenters. The van der Waals surface area contributed by atoms with Gasteiger partial charge in [-0.2, -0.15) is 0 Å². The quantitative estimate of drug-likeness (QED) is 0.622. The Kier molecular flexibility index (Phi) is 5.04. The summed E-state index contributed by atoms with van der Waals surface area (Å²) in [4.78, 5) is 4.27. The summed E-state index contributed by atoms with van der Waals surface area (Å²) < 4.78 is 15.5. The molecule has 0 aliphatic rings. The van der Waals surface area contributed by atoms with Crippen LogP contribution in [-0.2, 0) is 6.42 Å². The van der Waals surface area contributed by atoms with E-state index in [9.17, 15) is 4.39 Å². The summed E-state index contributed by atoms with van der Waals surface area (Å²) in [5, 5.41) is 0. The third-order valence-electron chi connectivity index (χ3n) is 2.74. The van der Waals surface area contributed by atoms with E-state index in [0.717, 1.165) is 14.6 Å². The normalized spacial score (nSPS) is 12.4. The van der Waals surface area contributed by atoms with Crippen molar-refractivity contribution in [3.05, 3.63) is 62.5 Å². The van der Waals surface area contributed by atoms with Crippen molar-refractivity contribution in [1.29, 1.82) is 0 Å². The molecule has 0 aliphatic carbocycles. The van der Waals surface area contributed by atoms with Gasteiger partial charge in [-0.25, -0.2) is 4.39 Å². The molecule has 2 rings (SSSR count). The molecule has 6 heteroatoms. The predicted octanol–water partition coefficient (Wildman–Crippen LogP) is 3.49. The second kappa shape index (κ2) is 6.56. The monoisotopic (exact) mass is 387 g/mol. The van der Waals surface area contributed by atoms with Crippen molar-refractivity contribution >= 4 is 31.9 Å². The van der Waals surface area contributed by atoms with Crippen LogP contribution in [0.3, 0.4) is 0 Å². The highest BCUT2D eigenvalue weighted by molar-refractivity contribution is 9.10. The molecule has 0 radical (unpaired) electrons. The summed E-state index contributed by atoms with van der Waals surface area (Å²) >= 11 is 6.66. The topological polar surface area (TPSA) is 50.9 Å². The number of hydrogen-bond acceptors (Lipinski definition) is 3. The Morgan fingerprint density at radius 3 is 2.58 bits per heavy atom. The molecule has 1 aromatic carbocycles. The summed E-state index contributed by atoms with van der Waals surface area (Å²) in [6.45, 7) is 0. The molecule has 2 aromatic rings. The molecule has 19 heavy (non-hydrogen) atoms. The van der Waals surface area contributed by atoms with E-state index in [1.165, 1.54) is 6.07 Å². The summed E-state index contributed by atoms with van der Waals surface area (Å²) in [5.74, 6) is 5.24. The maximum absolute atomic E-state index is 13.8. The highest BCUT2D eigenvalue weighted by atomic mass is 79.9. The van der Waals surface area contributed by atoms with E-state index in [2.05, 4.69) is 42.3 Å². The van der Waals surface area contributed by atoms with E-state index < -0.39 is 0 Å². The first-order chi connectivity index (χ1) is 9.10. The Balaban J connectivity index is 2.24. The number of hydrogen-bond donors (Lipinski definition) is 2. The molecule has 0 aliphatic heterocycles. The van der Waals surface area contributed by atoms with Crippen LogP contribution >= 0.6 is 31.9 Å². The number of halogens is 3. The molecule has 3 N–H and O–H groups in total. The Morgan fingerprint density at radius 1 is 1.21 bits per heavy atom. The van der Waals surface area contributed by atoms with Crippen molar-refractivity contribution in [1.82, 2.24) is 10.4 Å². The van der Waals surface area contributed by atoms with Gasteiger partial charge in [-0.05, 0) is 46.3 Å². The van der Waals surface area contributed by atoms with Gasteiger partial charge in [0.25, 0.3) is 0 Å². The number of benzene rings is 1. The van der Waals surface area contributed by atoms with Gasteiger partial charge < -0.3 is 0 Å². The number of nitrogens with one attached hydrogen (secondary N) is 1. The Bertz CT molecular complexity index is 560. The van der Waals surface area contributed by atoms with Crippen LogP contribution in [0.1, 0.15) is 17.3 Å². The second-order valence-corrected chi connectivity index (χ2v) is 5.89. The first kappa shape index (κ1) is 14.6. The highest BCUT2D eigenvalue weighted by Gasteiger charge is 2.16. The zero-order valence-electron chi connectivity index (χ0n) is 9.91. The van der Waals surface area contributed by atoms with Gasteiger partial charge in [0.2, 0.25) is 0 Å². The first-order valence-electron chi connectivity index (χ1n) is 5.61. The van der Waals surface area contributed by atoms with Crippen molar-refractivity contribution in [2.45, 2.75) is 12.5 Å². The van der Waals surface area contributed by atoms with Crippen LogP contribution in [0.25, 0.3) is 0 Å². The van der Waals surface area contributed by atoms with Gasteiger partial charge in [0.05, 0.1) is 6.04 Å². The van der Waals surface area contributed by atoms with Gasteiger partial charge in [0, 0.05) is 32.8 Å². The average molecular weight is 389 g/mol. The molecule has 1 atom stereocenters. The van der Waals surface area contributed by atoms with Gasteiger partial charge >= 0.3 is 0 Å². The van der Waals surface area contributed by atoms with Gasteiger partial charge in [-0.15, -0.1) is 0 Å². The maximum Gasteiger partial charge on any atom is 0.128 e. The third kappa shape index (κ3) is 3.82. The van der Waals surface area contributed by atoms with Crippen molar-refractivity contribution in [2.24, 2.45) is 5.84 Å². The van der Waals surface area contributed by atoms with Crippen molar-refractivity contribution in [3.8, 4) is 0 Å². The van der Waals surface area contributed by atoms with Crippen LogP contribution in [0, 0.1) is 5.82 Å². The second-order valence-electron chi connectivity index (χ2n) is 4.06. The fraction of sp³-hybridized carbons (Fsp3) is 0.154. The van der Waals surface area contributed by atoms with Crippen LogP contribution in [0.15, 0.2) is 45.5 Å². The van der Waals surface area contributed by atoms with E-state index in [-0.39, 0.29) is 11.9 Å². The Morgan fingerprint density at radius 2 is 1.95 bits per heavy atom. The summed E-state index contributed by atoms with van der Waals surface area (Å²) in [6.07, 6.45) is 2.22. The highest BCUT2D eigenvalue weighted by Crippen LogP contribution is 2.24. The van der Waals surface area contributed by atoms with Crippen LogP contribution < -0.4 is 11.3 Å². The molecule has 0 amide bonds. The molecule has 3 nitrogen and oxygen atoms in total. The number of nitrogens with zero attached hydrogens (tertiary/aromatic N) is 1. The van der Waals surface area contributed by atoms with Crippen molar-refractivity contribution in [2.75, 3.05) is 0 Å². The third-order valence-corrected chi connectivity index (χ3v) is 3.70. The largest absolute Gasteiger partial charge is 0.271 e. The number of pyridine rings is 1. The smallest absolute Gasteiger partial charge is 0.128 e. The maximum atomic E-state index is 13.8. The minimum absolute atomic E-state index is 0.289.